The van der Waals surface area contributed by atoms with Crippen LogP contribution < -0.4 is 5.01 Å². The largest absolute Gasteiger partial charge is 0.493 e. The van der Waals surface area contributed by atoms with Gasteiger partial charge in [0.15, 0.2) is 5.82 Å². The molecule has 164 valence electrons. The molecular formula is C18H22F3N5O4. The van der Waals surface area contributed by atoms with E-state index in [1.165, 1.54) is 12.3 Å². The molecule has 0 radical (unpaired) electrons. The number of amides is 1. The van der Waals surface area contributed by atoms with Crippen molar-refractivity contribution in [3.63, 3.8) is 0 Å². The smallest absolute Gasteiger partial charge is 0.446 e. The lowest BCUT2D eigenvalue weighted by Gasteiger charge is -2.33. The molecule has 0 aliphatic heterocycles. The van der Waals surface area contributed by atoms with E-state index in [0.29, 0.717) is 0 Å². The van der Waals surface area contributed by atoms with Gasteiger partial charge in [-0.15, -0.1) is 0 Å². The van der Waals surface area contributed by atoms with E-state index < -0.39 is 18.2 Å². The lowest BCUT2D eigenvalue weighted by molar-refractivity contribution is -0.233. The first-order valence-electron chi connectivity index (χ1n) is 9.38. The van der Waals surface area contributed by atoms with E-state index in [1.54, 1.807) is 19.9 Å². The Hall–Kier alpha value is -3.10. The second-order valence-electron chi connectivity index (χ2n) is 7.20. The average Bonchev–Trinajstić information content (AvgIpc) is 3.21. The highest BCUT2D eigenvalue weighted by Crippen LogP contribution is 2.26. The van der Waals surface area contributed by atoms with Crippen molar-refractivity contribution in [1.29, 1.82) is 5.26 Å². The number of hydrogen-bond acceptors (Lipinski definition) is 8. The van der Waals surface area contributed by atoms with Crippen LogP contribution in [0.5, 0.6) is 0 Å². The summed E-state index contributed by atoms with van der Waals surface area (Å²) in [6, 6.07) is 2.97. The summed E-state index contributed by atoms with van der Waals surface area (Å²) < 4.78 is 43.6. The summed E-state index contributed by atoms with van der Waals surface area (Å²) in [5, 5.41) is 10.0. The summed E-state index contributed by atoms with van der Waals surface area (Å²) in [7, 11) is 0. The van der Waals surface area contributed by atoms with E-state index in [2.05, 4.69) is 14.8 Å². The Labute approximate surface area is 171 Å². The first-order valence-corrected chi connectivity index (χ1v) is 9.38. The fraction of sp³-hybridized carbons (Fsp3) is 0.611. The van der Waals surface area contributed by atoms with E-state index in [-0.39, 0.29) is 41.8 Å². The topological polar surface area (TPSA) is 109 Å². The summed E-state index contributed by atoms with van der Waals surface area (Å²) >= 11 is 0. The molecule has 0 N–H and O–H groups in total. The highest BCUT2D eigenvalue weighted by Gasteiger charge is 2.45. The van der Waals surface area contributed by atoms with Gasteiger partial charge in [0.05, 0.1) is 6.61 Å². The Morgan fingerprint density at radius 3 is 2.57 bits per heavy atom. The zero-order valence-electron chi connectivity index (χ0n) is 16.6. The molecule has 1 fully saturated rings. The number of alkyl halides is 3. The molecular weight excluding hydrogens is 407 g/mol. The molecule has 1 amide bonds. The predicted octanol–water partition coefficient (Wildman–Crippen LogP) is 3.37. The van der Waals surface area contributed by atoms with Crippen molar-refractivity contribution in [2.24, 2.45) is 11.8 Å². The normalized spacial score (nSPS) is 14.3. The summed E-state index contributed by atoms with van der Waals surface area (Å²) in [5.41, 5.74) is 0. The molecule has 0 aromatic carbocycles. The van der Waals surface area contributed by atoms with Gasteiger partial charge >= 0.3 is 18.2 Å². The third-order valence-electron chi connectivity index (χ3n) is 4.24. The molecule has 1 aromatic heterocycles. The van der Waals surface area contributed by atoms with Crippen LogP contribution in [0.25, 0.3) is 0 Å². The Morgan fingerprint density at radius 1 is 1.33 bits per heavy atom. The van der Waals surface area contributed by atoms with Crippen LogP contribution in [-0.2, 0) is 14.4 Å². The molecule has 0 saturated heterocycles. The van der Waals surface area contributed by atoms with Gasteiger partial charge in [0.1, 0.15) is 6.07 Å². The second-order valence-corrected chi connectivity index (χ2v) is 7.20. The van der Waals surface area contributed by atoms with E-state index in [0.717, 1.165) is 30.7 Å². The molecule has 2 rings (SSSR count). The van der Waals surface area contributed by atoms with Crippen LogP contribution in [0.1, 0.15) is 45.4 Å². The third kappa shape index (κ3) is 6.47. The fourth-order valence-corrected chi connectivity index (χ4v) is 2.89. The molecule has 0 atom stereocenters. The zero-order chi connectivity index (χ0) is 22.3. The standard InChI is InChI=1S/C18H22F3N5O4/c1-12(2)10-25(15-7-8-23-14(9-22)24-15)26(30-16(27)18(19,20)21)17(28)29-11-13-5-3-4-6-13/h7-8,12-13H,3-6,10-11H2,1-2H3. The third-order valence-corrected chi connectivity index (χ3v) is 4.24. The predicted molar refractivity (Wildman–Crippen MR) is 96.2 cm³/mol. The van der Waals surface area contributed by atoms with Crippen molar-refractivity contribution < 1.29 is 32.3 Å². The number of rotatable bonds is 6. The van der Waals surface area contributed by atoms with Gasteiger partial charge in [0.25, 0.3) is 0 Å². The molecule has 0 bridgehead atoms. The maximum Gasteiger partial charge on any atom is 0.493 e. The SMILES string of the molecule is CC(C)CN(c1ccnc(C#N)n1)N(OC(=O)C(F)(F)F)C(=O)OCC1CCCC1. The van der Waals surface area contributed by atoms with Crippen molar-refractivity contribution in [1.82, 2.24) is 15.1 Å². The lowest BCUT2D eigenvalue weighted by Crippen LogP contribution is -2.51. The molecule has 9 nitrogen and oxygen atoms in total. The molecule has 1 aliphatic rings. The van der Waals surface area contributed by atoms with Gasteiger partial charge in [0.2, 0.25) is 5.82 Å². The number of ether oxygens (including phenoxy) is 1. The van der Waals surface area contributed by atoms with Gasteiger partial charge in [0, 0.05) is 18.8 Å². The summed E-state index contributed by atoms with van der Waals surface area (Å²) in [6.45, 7) is 3.38. The van der Waals surface area contributed by atoms with Crippen LogP contribution in [0.15, 0.2) is 12.3 Å². The fourth-order valence-electron chi connectivity index (χ4n) is 2.89. The molecule has 0 unspecified atom stereocenters. The number of hydrazine groups is 1. The van der Waals surface area contributed by atoms with Crippen LogP contribution in [0.2, 0.25) is 0 Å². The van der Waals surface area contributed by atoms with Crippen LogP contribution >= 0.6 is 0 Å². The number of carbonyl (C=O) groups is 2. The second kappa shape index (κ2) is 10.1. The van der Waals surface area contributed by atoms with E-state index in [1.807, 2.05) is 0 Å². The number of carbonyl (C=O) groups excluding carboxylic acids is 2. The molecule has 0 spiro atoms. The Balaban J connectivity index is 2.33. The van der Waals surface area contributed by atoms with Crippen molar-refractivity contribution in [3.05, 3.63) is 18.1 Å². The number of hydrogen-bond donors (Lipinski definition) is 0. The zero-order valence-corrected chi connectivity index (χ0v) is 16.6. The van der Waals surface area contributed by atoms with Crippen molar-refractivity contribution in [2.45, 2.75) is 45.7 Å². The molecule has 1 saturated carbocycles. The minimum absolute atomic E-state index is 0.0123. The van der Waals surface area contributed by atoms with Gasteiger partial charge < -0.3 is 9.57 Å². The van der Waals surface area contributed by atoms with Gasteiger partial charge in [-0.1, -0.05) is 26.7 Å². The first kappa shape index (κ1) is 23.2. The molecule has 12 heteroatoms. The van der Waals surface area contributed by atoms with Crippen molar-refractivity contribution in [3.8, 4) is 6.07 Å². The van der Waals surface area contributed by atoms with E-state index in [9.17, 15) is 22.8 Å². The highest BCUT2D eigenvalue weighted by atomic mass is 19.4. The number of halogens is 3. The van der Waals surface area contributed by atoms with Crippen LogP contribution in [-0.4, -0.2) is 46.5 Å². The molecule has 30 heavy (non-hydrogen) atoms. The Kier molecular flexibility index (Phi) is 7.79. The summed E-state index contributed by atoms with van der Waals surface area (Å²) in [4.78, 5) is 36.0. The van der Waals surface area contributed by atoms with Crippen LogP contribution in [0, 0.1) is 23.2 Å². The quantitative estimate of drug-likeness (QED) is 0.633. The van der Waals surface area contributed by atoms with Crippen LogP contribution in [0.4, 0.5) is 23.8 Å². The average molecular weight is 429 g/mol. The maximum absolute atomic E-state index is 12.8. The van der Waals surface area contributed by atoms with Gasteiger partial charge in [-0.2, -0.15) is 23.4 Å². The number of nitriles is 1. The maximum atomic E-state index is 12.8. The van der Waals surface area contributed by atoms with Gasteiger partial charge in [-0.05, 0) is 29.8 Å². The molecule has 1 aromatic rings. The number of anilines is 1. The van der Waals surface area contributed by atoms with Gasteiger partial charge in [-0.25, -0.2) is 19.6 Å². The highest BCUT2D eigenvalue weighted by molar-refractivity contribution is 5.78. The number of nitrogens with zero attached hydrogens (tertiary/aromatic N) is 5. The minimum Gasteiger partial charge on any atom is -0.446 e. The monoisotopic (exact) mass is 429 g/mol. The lowest BCUT2D eigenvalue weighted by atomic mass is 10.1. The van der Waals surface area contributed by atoms with E-state index >= 15 is 0 Å². The Bertz CT molecular complexity index is 791. The molecule has 1 aliphatic carbocycles. The summed E-state index contributed by atoms with van der Waals surface area (Å²) in [6.07, 6.45) is -1.81. The minimum atomic E-state index is -5.34. The first-order chi connectivity index (χ1) is 14.1. The summed E-state index contributed by atoms with van der Waals surface area (Å²) in [5.74, 6) is -3.08. The van der Waals surface area contributed by atoms with Crippen LogP contribution in [0.3, 0.4) is 0 Å². The number of hydroxylamine groups is 1. The van der Waals surface area contributed by atoms with Gasteiger partial charge in [-0.3, -0.25) is 0 Å². The number of aromatic nitrogens is 2. The Morgan fingerprint density at radius 2 is 2.00 bits per heavy atom. The van der Waals surface area contributed by atoms with Crippen molar-refractivity contribution in [2.75, 3.05) is 18.2 Å². The molecule has 1 heterocycles. The van der Waals surface area contributed by atoms with Crippen molar-refractivity contribution >= 4 is 17.9 Å². The van der Waals surface area contributed by atoms with E-state index in [4.69, 9.17) is 10.00 Å².